The molecule has 0 spiro atoms. The Labute approximate surface area is 137 Å². The molecule has 5 nitrogen and oxygen atoms in total. The van der Waals surface area contributed by atoms with Crippen LogP contribution < -0.4 is 10.7 Å². The largest absolute Gasteiger partial charge is 0.507 e. The van der Waals surface area contributed by atoms with Gasteiger partial charge in [0, 0.05) is 16.3 Å². The molecule has 0 heterocycles. The molecular formula is C16H15ClFN3O2. The minimum atomic E-state index is -0.623. The van der Waals surface area contributed by atoms with Crippen molar-refractivity contribution in [1.82, 2.24) is 5.43 Å². The molecule has 0 aromatic heterocycles. The minimum absolute atomic E-state index is 0.00154. The average molecular weight is 336 g/mol. The lowest BCUT2D eigenvalue weighted by Gasteiger charge is -2.13. The number of rotatable bonds is 5. The molecule has 0 bridgehead atoms. The van der Waals surface area contributed by atoms with Gasteiger partial charge in [0.2, 0.25) is 0 Å². The van der Waals surface area contributed by atoms with Crippen LogP contribution in [0.25, 0.3) is 0 Å². The van der Waals surface area contributed by atoms with E-state index in [9.17, 15) is 14.3 Å². The van der Waals surface area contributed by atoms with E-state index in [1.165, 1.54) is 36.5 Å². The number of halogens is 2. The van der Waals surface area contributed by atoms with Crippen molar-refractivity contribution in [2.75, 3.05) is 5.32 Å². The fourth-order valence-electron chi connectivity index (χ4n) is 1.78. The number of carbonyl (C=O) groups is 1. The van der Waals surface area contributed by atoms with E-state index in [2.05, 4.69) is 15.8 Å². The van der Waals surface area contributed by atoms with Gasteiger partial charge in [-0.3, -0.25) is 4.79 Å². The Morgan fingerprint density at radius 2 is 2.13 bits per heavy atom. The molecule has 0 fully saturated rings. The molecule has 2 aromatic rings. The number of hydrazone groups is 1. The van der Waals surface area contributed by atoms with E-state index in [-0.39, 0.29) is 5.75 Å². The number of benzene rings is 2. The van der Waals surface area contributed by atoms with E-state index in [1.54, 1.807) is 19.1 Å². The van der Waals surface area contributed by atoms with Crippen LogP contribution in [-0.4, -0.2) is 23.3 Å². The first-order valence-electron chi connectivity index (χ1n) is 6.79. The molecule has 7 heteroatoms. The van der Waals surface area contributed by atoms with Gasteiger partial charge in [-0.05, 0) is 43.3 Å². The molecule has 0 aliphatic carbocycles. The second-order valence-electron chi connectivity index (χ2n) is 4.81. The van der Waals surface area contributed by atoms with Gasteiger partial charge in [0.05, 0.1) is 6.21 Å². The molecule has 23 heavy (non-hydrogen) atoms. The van der Waals surface area contributed by atoms with Gasteiger partial charge >= 0.3 is 0 Å². The highest BCUT2D eigenvalue weighted by atomic mass is 35.5. The molecule has 1 amide bonds. The summed E-state index contributed by atoms with van der Waals surface area (Å²) in [6, 6.07) is 9.66. The number of carbonyl (C=O) groups excluding carboxylic acids is 1. The second-order valence-corrected chi connectivity index (χ2v) is 5.25. The first kappa shape index (κ1) is 16.8. The van der Waals surface area contributed by atoms with E-state index in [0.717, 1.165) is 0 Å². The summed E-state index contributed by atoms with van der Waals surface area (Å²) >= 11 is 5.81. The number of aromatic hydroxyl groups is 1. The van der Waals surface area contributed by atoms with Gasteiger partial charge < -0.3 is 10.4 Å². The van der Waals surface area contributed by atoms with Gasteiger partial charge in [0.25, 0.3) is 5.91 Å². The third-order valence-corrected chi connectivity index (χ3v) is 3.20. The third-order valence-electron chi connectivity index (χ3n) is 2.97. The third kappa shape index (κ3) is 4.96. The van der Waals surface area contributed by atoms with Crippen LogP contribution in [0.5, 0.6) is 5.75 Å². The van der Waals surface area contributed by atoms with Crippen molar-refractivity contribution in [3.05, 3.63) is 58.9 Å². The topological polar surface area (TPSA) is 73.7 Å². The molecule has 0 aliphatic heterocycles. The van der Waals surface area contributed by atoms with Gasteiger partial charge in [-0.15, -0.1) is 0 Å². The predicted octanol–water partition coefficient (Wildman–Crippen LogP) is 3.14. The zero-order valence-corrected chi connectivity index (χ0v) is 13.0. The van der Waals surface area contributed by atoms with Crippen molar-refractivity contribution in [1.29, 1.82) is 0 Å². The van der Waals surface area contributed by atoms with Crippen LogP contribution in [-0.2, 0) is 4.79 Å². The maximum Gasteiger partial charge on any atom is 0.262 e. The van der Waals surface area contributed by atoms with E-state index < -0.39 is 17.8 Å². The van der Waals surface area contributed by atoms with Crippen LogP contribution in [0.2, 0.25) is 5.02 Å². The van der Waals surface area contributed by atoms with Crippen molar-refractivity contribution in [3.63, 3.8) is 0 Å². The molecule has 1 atom stereocenters. The molecule has 2 aromatic carbocycles. The summed E-state index contributed by atoms with van der Waals surface area (Å²) < 4.78 is 13.1. The molecule has 120 valence electrons. The molecular weight excluding hydrogens is 321 g/mol. The summed E-state index contributed by atoms with van der Waals surface area (Å²) in [7, 11) is 0. The van der Waals surface area contributed by atoms with Gasteiger partial charge in [0.1, 0.15) is 17.6 Å². The molecule has 0 saturated heterocycles. The van der Waals surface area contributed by atoms with Crippen LogP contribution >= 0.6 is 11.6 Å². The Balaban J connectivity index is 1.93. The number of nitrogens with one attached hydrogen (secondary N) is 2. The number of anilines is 1. The molecule has 3 N–H and O–H groups in total. The summed E-state index contributed by atoms with van der Waals surface area (Å²) in [6.45, 7) is 1.62. The summed E-state index contributed by atoms with van der Waals surface area (Å²) in [5, 5.41) is 16.7. The highest BCUT2D eigenvalue weighted by Crippen LogP contribution is 2.19. The zero-order chi connectivity index (χ0) is 16.8. The zero-order valence-electron chi connectivity index (χ0n) is 12.3. The maximum atomic E-state index is 13.1. The molecule has 0 radical (unpaired) electrons. The number of phenols is 1. The number of hydrogen-bond acceptors (Lipinski definition) is 4. The number of hydrogen-bond donors (Lipinski definition) is 3. The molecule has 0 aliphatic rings. The smallest absolute Gasteiger partial charge is 0.262 e. The highest BCUT2D eigenvalue weighted by Gasteiger charge is 2.11. The van der Waals surface area contributed by atoms with Crippen molar-refractivity contribution in [2.24, 2.45) is 5.10 Å². The highest BCUT2D eigenvalue weighted by molar-refractivity contribution is 6.30. The Hall–Kier alpha value is -2.60. The van der Waals surface area contributed by atoms with Crippen LogP contribution in [0.3, 0.4) is 0 Å². The lowest BCUT2D eigenvalue weighted by Crippen LogP contribution is -2.34. The van der Waals surface area contributed by atoms with Crippen LogP contribution in [0.15, 0.2) is 47.6 Å². The van der Waals surface area contributed by atoms with Crippen LogP contribution in [0.1, 0.15) is 12.5 Å². The lowest BCUT2D eigenvalue weighted by atomic mass is 10.2. The van der Waals surface area contributed by atoms with Gasteiger partial charge in [-0.1, -0.05) is 17.7 Å². The number of nitrogens with zero attached hydrogens (tertiary/aromatic N) is 1. The van der Waals surface area contributed by atoms with E-state index in [1.807, 2.05) is 0 Å². The Kier molecular flexibility index (Phi) is 5.54. The monoisotopic (exact) mass is 335 g/mol. The first-order chi connectivity index (χ1) is 11.0. The second kappa shape index (κ2) is 7.60. The standard InChI is InChI=1S/C16H15ClFN3O2/c1-10(20-14-4-2-3-13(18)8-14)16(23)21-19-9-11-7-12(17)5-6-15(11)22/h2-10,20,22H,1H3,(H,21,23). The average Bonchev–Trinajstić information content (AvgIpc) is 2.50. The van der Waals surface area contributed by atoms with Gasteiger partial charge in [-0.25, -0.2) is 9.82 Å². The van der Waals surface area contributed by atoms with Crippen molar-refractivity contribution < 1.29 is 14.3 Å². The summed E-state index contributed by atoms with van der Waals surface area (Å²) in [5.74, 6) is -0.803. The summed E-state index contributed by atoms with van der Waals surface area (Å²) in [5.41, 5.74) is 3.20. The fraction of sp³-hybridized carbons (Fsp3) is 0.125. The lowest BCUT2D eigenvalue weighted by molar-refractivity contribution is -0.121. The Morgan fingerprint density at radius 3 is 2.87 bits per heavy atom. The minimum Gasteiger partial charge on any atom is -0.507 e. The van der Waals surface area contributed by atoms with Crippen LogP contribution in [0, 0.1) is 5.82 Å². The maximum absolute atomic E-state index is 13.1. The Morgan fingerprint density at radius 1 is 1.35 bits per heavy atom. The molecule has 0 saturated carbocycles. The van der Waals surface area contributed by atoms with Gasteiger partial charge in [-0.2, -0.15) is 5.10 Å². The van der Waals surface area contributed by atoms with E-state index in [4.69, 9.17) is 11.6 Å². The Bertz CT molecular complexity index is 737. The van der Waals surface area contributed by atoms with E-state index >= 15 is 0 Å². The number of phenolic OH excluding ortho intramolecular Hbond substituents is 1. The molecule has 2 rings (SSSR count). The number of amides is 1. The normalized spacial score (nSPS) is 12.1. The summed E-state index contributed by atoms with van der Waals surface area (Å²) in [6.07, 6.45) is 1.29. The SMILES string of the molecule is CC(Nc1cccc(F)c1)C(=O)NN=Cc1cc(Cl)ccc1O. The van der Waals surface area contributed by atoms with Crippen molar-refractivity contribution >= 4 is 29.4 Å². The van der Waals surface area contributed by atoms with E-state index in [0.29, 0.717) is 16.3 Å². The summed E-state index contributed by atoms with van der Waals surface area (Å²) in [4.78, 5) is 11.9. The predicted molar refractivity (Wildman–Crippen MR) is 88.3 cm³/mol. The van der Waals surface area contributed by atoms with Crippen molar-refractivity contribution in [2.45, 2.75) is 13.0 Å². The van der Waals surface area contributed by atoms with Crippen molar-refractivity contribution in [3.8, 4) is 5.75 Å². The fourth-order valence-corrected chi connectivity index (χ4v) is 1.97. The quantitative estimate of drug-likeness (QED) is 0.580. The first-order valence-corrected chi connectivity index (χ1v) is 7.17. The van der Waals surface area contributed by atoms with Gasteiger partial charge in [0.15, 0.2) is 0 Å². The molecule has 1 unspecified atom stereocenters. The van der Waals surface area contributed by atoms with Crippen LogP contribution in [0.4, 0.5) is 10.1 Å².